The lowest BCUT2D eigenvalue weighted by molar-refractivity contribution is 0.0440. The molecular weight excluding hydrogens is 282 g/mol. The third kappa shape index (κ3) is 3.06. The molecule has 1 aliphatic heterocycles. The first kappa shape index (κ1) is 16.2. The highest BCUT2D eigenvalue weighted by Gasteiger charge is 2.41. The van der Waals surface area contributed by atoms with Gasteiger partial charge in [0.25, 0.3) is 0 Å². The maximum absolute atomic E-state index is 11.9. The summed E-state index contributed by atoms with van der Waals surface area (Å²) in [5.74, 6) is 0. The van der Waals surface area contributed by atoms with Crippen molar-refractivity contribution in [2.24, 2.45) is 0 Å². The molecule has 1 saturated heterocycles. The van der Waals surface area contributed by atoms with Gasteiger partial charge in [-0.1, -0.05) is 58.7 Å². The SMILES string of the molecule is Cc1cc(C)cc(C(O)(c2cc(C)cc(C)c2)C2CCCN2)c1. The zero-order chi connectivity index (χ0) is 16.6. The lowest BCUT2D eigenvalue weighted by atomic mass is 9.77. The Balaban J connectivity index is 2.21. The van der Waals surface area contributed by atoms with Crippen LogP contribution in [0.15, 0.2) is 36.4 Å². The van der Waals surface area contributed by atoms with Crippen LogP contribution in [-0.4, -0.2) is 17.7 Å². The molecule has 1 heterocycles. The molecule has 0 spiro atoms. The maximum Gasteiger partial charge on any atom is 0.130 e. The lowest BCUT2D eigenvalue weighted by Crippen LogP contribution is -2.46. The Morgan fingerprint density at radius 1 is 0.826 bits per heavy atom. The van der Waals surface area contributed by atoms with Crippen LogP contribution in [0.1, 0.15) is 46.2 Å². The van der Waals surface area contributed by atoms with Gasteiger partial charge in [-0.15, -0.1) is 0 Å². The monoisotopic (exact) mass is 309 g/mol. The Morgan fingerprint density at radius 2 is 1.26 bits per heavy atom. The quantitative estimate of drug-likeness (QED) is 0.901. The zero-order valence-corrected chi connectivity index (χ0v) is 14.6. The molecule has 1 fully saturated rings. The normalized spacial score (nSPS) is 18.4. The summed E-state index contributed by atoms with van der Waals surface area (Å²) in [6.45, 7) is 9.37. The molecule has 1 unspecified atom stereocenters. The van der Waals surface area contributed by atoms with E-state index < -0.39 is 5.60 Å². The number of nitrogens with one attached hydrogen (secondary N) is 1. The van der Waals surface area contributed by atoms with E-state index in [0.29, 0.717) is 0 Å². The highest BCUT2D eigenvalue weighted by molar-refractivity contribution is 5.44. The molecule has 122 valence electrons. The molecule has 0 aromatic heterocycles. The van der Waals surface area contributed by atoms with Crippen molar-refractivity contribution >= 4 is 0 Å². The van der Waals surface area contributed by atoms with Gasteiger partial charge >= 0.3 is 0 Å². The molecule has 1 aliphatic rings. The van der Waals surface area contributed by atoms with Gasteiger partial charge in [0.05, 0.1) is 0 Å². The first-order chi connectivity index (χ1) is 10.9. The van der Waals surface area contributed by atoms with Crippen LogP contribution in [0.25, 0.3) is 0 Å². The summed E-state index contributed by atoms with van der Waals surface area (Å²) in [4.78, 5) is 0. The second-order valence-electron chi connectivity index (χ2n) is 7.17. The second kappa shape index (κ2) is 6.10. The summed E-state index contributed by atoms with van der Waals surface area (Å²) >= 11 is 0. The van der Waals surface area contributed by atoms with Crippen LogP contribution in [0, 0.1) is 27.7 Å². The molecule has 2 aromatic carbocycles. The fourth-order valence-electron chi connectivity index (χ4n) is 4.00. The smallest absolute Gasteiger partial charge is 0.130 e. The van der Waals surface area contributed by atoms with Crippen LogP contribution < -0.4 is 5.32 Å². The Morgan fingerprint density at radius 3 is 1.61 bits per heavy atom. The van der Waals surface area contributed by atoms with E-state index in [0.717, 1.165) is 30.5 Å². The van der Waals surface area contributed by atoms with E-state index in [4.69, 9.17) is 0 Å². The highest BCUT2D eigenvalue weighted by atomic mass is 16.3. The molecule has 0 saturated carbocycles. The average molecular weight is 309 g/mol. The first-order valence-corrected chi connectivity index (χ1v) is 8.53. The molecule has 2 aromatic rings. The van der Waals surface area contributed by atoms with Gasteiger partial charge in [0, 0.05) is 6.04 Å². The number of hydrogen-bond acceptors (Lipinski definition) is 2. The third-order valence-corrected chi connectivity index (χ3v) is 4.89. The molecule has 0 bridgehead atoms. The number of rotatable bonds is 3. The molecule has 2 heteroatoms. The summed E-state index contributed by atoms with van der Waals surface area (Å²) in [5.41, 5.74) is 5.80. The fraction of sp³-hybridized carbons (Fsp3) is 0.429. The second-order valence-corrected chi connectivity index (χ2v) is 7.17. The predicted octanol–water partition coefficient (Wildman–Crippen LogP) is 3.91. The number of hydrogen-bond donors (Lipinski definition) is 2. The fourth-order valence-corrected chi connectivity index (χ4v) is 4.00. The summed E-state index contributed by atoms with van der Waals surface area (Å²) < 4.78 is 0. The van der Waals surface area contributed by atoms with Gasteiger partial charge in [-0.05, 0) is 58.2 Å². The van der Waals surface area contributed by atoms with Crippen LogP contribution in [0.3, 0.4) is 0 Å². The van der Waals surface area contributed by atoms with Gasteiger partial charge in [-0.25, -0.2) is 0 Å². The van der Waals surface area contributed by atoms with Gasteiger partial charge in [0.1, 0.15) is 5.60 Å². The number of aryl methyl sites for hydroxylation is 4. The van der Waals surface area contributed by atoms with Crippen molar-refractivity contribution in [3.8, 4) is 0 Å². The minimum absolute atomic E-state index is 0.0601. The van der Waals surface area contributed by atoms with Crippen LogP contribution >= 0.6 is 0 Å². The lowest BCUT2D eigenvalue weighted by Gasteiger charge is -2.36. The van der Waals surface area contributed by atoms with Gasteiger partial charge in [-0.2, -0.15) is 0 Å². The van der Waals surface area contributed by atoms with Crippen LogP contribution in [0.5, 0.6) is 0 Å². The Labute approximate surface area is 139 Å². The van der Waals surface area contributed by atoms with Crippen molar-refractivity contribution in [3.05, 3.63) is 69.8 Å². The van der Waals surface area contributed by atoms with Crippen LogP contribution in [0.2, 0.25) is 0 Å². The molecule has 1 atom stereocenters. The van der Waals surface area contributed by atoms with E-state index in [2.05, 4.69) is 69.4 Å². The molecule has 3 rings (SSSR count). The van der Waals surface area contributed by atoms with Gasteiger partial charge < -0.3 is 10.4 Å². The Bertz CT molecular complexity index is 622. The standard InChI is InChI=1S/C21H27NO/c1-14-8-15(2)11-18(10-14)21(23,20-6-5-7-22-20)19-12-16(3)9-17(4)13-19/h8-13,20,22-23H,5-7H2,1-4H3. The topological polar surface area (TPSA) is 32.3 Å². The molecule has 0 aliphatic carbocycles. The summed E-state index contributed by atoms with van der Waals surface area (Å²) in [5, 5.41) is 15.4. The minimum Gasteiger partial charge on any atom is -0.379 e. The van der Waals surface area contributed by atoms with E-state index in [1.54, 1.807) is 0 Å². The van der Waals surface area contributed by atoms with E-state index in [1.807, 2.05) is 0 Å². The van der Waals surface area contributed by atoms with E-state index in [1.165, 1.54) is 22.3 Å². The highest BCUT2D eigenvalue weighted by Crippen LogP contribution is 2.38. The summed E-state index contributed by atoms with van der Waals surface area (Å²) in [6.07, 6.45) is 2.11. The number of benzene rings is 2. The van der Waals surface area contributed by atoms with Gasteiger partial charge in [-0.3, -0.25) is 0 Å². The molecule has 0 amide bonds. The third-order valence-electron chi connectivity index (χ3n) is 4.89. The summed E-state index contributed by atoms with van der Waals surface area (Å²) in [6, 6.07) is 12.9. The van der Waals surface area contributed by atoms with Crippen molar-refractivity contribution in [2.75, 3.05) is 6.54 Å². The molecular formula is C21H27NO. The van der Waals surface area contributed by atoms with Crippen LogP contribution in [0.4, 0.5) is 0 Å². The Hall–Kier alpha value is -1.64. The molecule has 23 heavy (non-hydrogen) atoms. The van der Waals surface area contributed by atoms with Gasteiger partial charge in [0.2, 0.25) is 0 Å². The first-order valence-electron chi connectivity index (χ1n) is 8.53. The average Bonchev–Trinajstić information content (AvgIpc) is 2.98. The van der Waals surface area contributed by atoms with E-state index >= 15 is 0 Å². The maximum atomic E-state index is 11.9. The van der Waals surface area contributed by atoms with Gasteiger partial charge in [0.15, 0.2) is 0 Å². The van der Waals surface area contributed by atoms with E-state index in [9.17, 15) is 5.11 Å². The predicted molar refractivity (Wildman–Crippen MR) is 95.9 cm³/mol. The molecule has 2 N–H and O–H groups in total. The van der Waals surface area contributed by atoms with E-state index in [-0.39, 0.29) is 6.04 Å². The molecule has 2 nitrogen and oxygen atoms in total. The van der Waals surface area contributed by atoms with Crippen molar-refractivity contribution in [1.29, 1.82) is 0 Å². The largest absolute Gasteiger partial charge is 0.379 e. The number of aliphatic hydroxyl groups is 1. The van der Waals surface area contributed by atoms with Crippen molar-refractivity contribution < 1.29 is 5.11 Å². The summed E-state index contributed by atoms with van der Waals surface area (Å²) in [7, 11) is 0. The molecule has 0 radical (unpaired) electrons. The van der Waals surface area contributed by atoms with Crippen molar-refractivity contribution in [1.82, 2.24) is 5.32 Å². The minimum atomic E-state index is -0.982. The zero-order valence-electron chi connectivity index (χ0n) is 14.6. The Kier molecular flexibility index (Phi) is 4.31. The van der Waals surface area contributed by atoms with Crippen molar-refractivity contribution in [2.45, 2.75) is 52.2 Å². The van der Waals surface area contributed by atoms with Crippen LogP contribution in [-0.2, 0) is 5.60 Å². The van der Waals surface area contributed by atoms with Crippen molar-refractivity contribution in [3.63, 3.8) is 0 Å².